The number of benzene rings is 1. The second-order valence-corrected chi connectivity index (χ2v) is 7.65. The Labute approximate surface area is 174 Å². The van der Waals surface area contributed by atoms with Crippen molar-refractivity contribution in [2.45, 2.75) is 60.0 Å². The summed E-state index contributed by atoms with van der Waals surface area (Å²) in [5.74, 6) is 0.203. The molecule has 0 radical (unpaired) electrons. The molecule has 1 heterocycles. The summed E-state index contributed by atoms with van der Waals surface area (Å²) in [6.45, 7) is 9.62. The molecule has 0 aliphatic rings. The highest BCUT2D eigenvalue weighted by Crippen LogP contribution is 2.15. The van der Waals surface area contributed by atoms with Crippen LogP contribution >= 0.6 is 0 Å². The van der Waals surface area contributed by atoms with Crippen LogP contribution in [-0.2, 0) is 11.3 Å². The van der Waals surface area contributed by atoms with Crippen LogP contribution in [0.25, 0.3) is 5.69 Å². The van der Waals surface area contributed by atoms with Crippen molar-refractivity contribution in [3.05, 3.63) is 71.1 Å². The second kappa shape index (κ2) is 12.0. The molecule has 5 nitrogen and oxygen atoms in total. The van der Waals surface area contributed by atoms with Gasteiger partial charge in [-0.1, -0.05) is 46.2 Å². The lowest BCUT2D eigenvalue weighted by atomic mass is 10.1. The molecule has 0 bridgehead atoms. The number of aromatic hydroxyl groups is 1. The van der Waals surface area contributed by atoms with Gasteiger partial charge in [-0.25, -0.2) is 4.68 Å². The molecule has 0 spiro atoms. The molecule has 0 aliphatic carbocycles. The first-order chi connectivity index (χ1) is 13.9. The Balaban J connectivity index is 1.69. The predicted octanol–water partition coefficient (Wildman–Crippen LogP) is 5.91. The normalized spacial score (nSPS) is 12.3. The van der Waals surface area contributed by atoms with E-state index in [4.69, 9.17) is 4.74 Å². The van der Waals surface area contributed by atoms with Gasteiger partial charge in [-0.15, -0.1) is 5.10 Å². The zero-order valence-corrected chi connectivity index (χ0v) is 18.1. The average molecular weight is 396 g/mol. The Morgan fingerprint density at radius 2 is 1.76 bits per heavy atom. The Morgan fingerprint density at radius 3 is 2.48 bits per heavy atom. The van der Waals surface area contributed by atoms with Gasteiger partial charge in [0, 0.05) is 6.07 Å². The summed E-state index contributed by atoms with van der Waals surface area (Å²) in [5.41, 5.74) is 5.71. The zero-order valence-electron chi connectivity index (χ0n) is 18.1. The monoisotopic (exact) mass is 395 g/mol. The molecule has 2 rings (SSSR count). The Hall–Kier alpha value is -2.66. The lowest BCUT2D eigenvalue weighted by Gasteiger charge is -2.02. The van der Waals surface area contributed by atoms with E-state index in [0.29, 0.717) is 13.2 Å². The molecule has 1 N–H and O–H groups in total. The standard InChI is InChI=1S/C24H33N3O2/c1-19(2)8-5-9-20(3)10-6-11-21(4)14-15-29-18-22-17-27(26-25-22)23-12-7-13-24(28)16-23/h7-8,10,12-14,16-17,28H,5-6,9,11,15,18H2,1-4H3/b20-10+,21-14+. The van der Waals surface area contributed by atoms with E-state index in [2.05, 4.69) is 56.2 Å². The molecule has 0 unspecified atom stereocenters. The van der Waals surface area contributed by atoms with Crippen molar-refractivity contribution in [1.82, 2.24) is 15.0 Å². The van der Waals surface area contributed by atoms with E-state index in [1.165, 1.54) is 16.7 Å². The van der Waals surface area contributed by atoms with Crippen molar-refractivity contribution in [2.24, 2.45) is 0 Å². The number of phenolic OH excluding ortho intramolecular Hbond substituents is 1. The third-order valence-corrected chi connectivity index (χ3v) is 4.56. The van der Waals surface area contributed by atoms with Crippen LogP contribution < -0.4 is 0 Å². The van der Waals surface area contributed by atoms with E-state index in [-0.39, 0.29) is 5.75 Å². The molecule has 0 amide bonds. The fourth-order valence-electron chi connectivity index (χ4n) is 2.83. The minimum atomic E-state index is 0.203. The van der Waals surface area contributed by atoms with E-state index in [9.17, 15) is 5.11 Å². The third-order valence-electron chi connectivity index (χ3n) is 4.56. The van der Waals surface area contributed by atoms with Crippen molar-refractivity contribution in [1.29, 1.82) is 0 Å². The van der Waals surface area contributed by atoms with Gasteiger partial charge < -0.3 is 9.84 Å². The summed E-state index contributed by atoms with van der Waals surface area (Å²) in [7, 11) is 0. The average Bonchev–Trinajstić information content (AvgIpc) is 3.14. The van der Waals surface area contributed by atoms with Crippen LogP contribution in [0.3, 0.4) is 0 Å². The molecule has 0 saturated carbocycles. The molecule has 29 heavy (non-hydrogen) atoms. The first kappa shape index (κ1) is 22.6. The molecular formula is C24H33N3O2. The molecule has 156 valence electrons. The number of hydrogen-bond acceptors (Lipinski definition) is 4. The van der Waals surface area contributed by atoms with Gasteiger partial charge in [0.25, 0.3) is 0 Å². The summed E-state index contributed by atoms with van der Waals surface area (Å²) in [6.07, 6.45) is 13.0. The van der Waals surface area contributed by atoms with E-state index in [1.807, 2.05) is 12.3 Å². The van der Waals surface area contributed by atoms with E-state index >= 15 is 0 Å². The number of aromatic nitrogens is 3. The fourth-order valence-corrected chi connectivity index (χ4v) is 2.83. The van der Waals surface area contributed by atoms with Crippen molar-refractivity contribution in [3.63, 3.8) is 0 Å². The molecule has 0 aliphatic heterocycles. The summed E-state index contributed by atoms with van der Waals surface area (Å²) < 4.78 is 7.33. The molecule has 2 aromatic rings. The van der Waals surface area contributed by atoms with Crippen LogP contribution in [0.4, 0.5) is 0 Å². The SMILES string of the molecule is CC(C)=CCC/C(C)=C/CC/C(C)=C/COCc1cn(-c2cccc(O)c2)nn1. The molecular weight excluding hydrogens is 362 g/mol. The maximum absolute atomic E-state index is 9.56. The highest BCUT2D eigenvalue weighted by Gasteiger charge is 2.03. The second-order valence-electron chi connectivity index (χ2n) is 7.65. The van der Waals surface area contributed by atoms with Gasteiger partial charge in [0.1, 0.15) is 11.4 Å². The fraction of sp³-hybridized carbons (Fsp3) is 0.417. The predicted molar refractivity (Wildman–Crippen MR) is 118 cm³/mol. The van der Waals surface area contributed by atoms with Crippen LogP contribution in [-0.4, -0.2) is 26.7 Å². The highest BCUT2D eigenvalue weighted by atomic mass is 16.5. The van der Waals surface area contributed by atoms with E-state index in [1.54, 1.807) is 22.9 Å². The van der Waals surface area contributed by atoms with Gasteiger partial charge in [0.2, 0.25) is 0 Å². The van der Waals surface area contributed by atoms with Gasteiger partial charge >= 0.3 is 0 Å². The number of hydrogen-bond donors (Lipinski definition) is 1. The molecule has 0 atom stereocenters. The molecule has 5 heteroatoms. The van der Waals surface area contributed by atoms with Crippen LogP contribution in [0, 0.1) is 0 Å². The smallest absolute Gasteiger partial charge is 0.117 e. The lowest BCUT2D eigenvalue weighted by Crippen LogP contribution is -1.94. The van der Waals surface area contributed by atoms with Crippen molar-refractivity contribution < 1.29 is 9.84 Å². The number of rotatable bonds is 11. The summed E-state index contributed by atoms with van der Waals surface area (Å²) in [4.78, 5) is 0. The third kappa shape index (κ3) is 8.92. The Bertz CT molecular complexity index is 859. The zero-order chi connectivity index (χ0) is 21.1. The Morgan fingerprint density at radius 1 is 1.03 bits per heavy atom. The largest absolute Gasteiger partial charge is 0.508 e. The van der Waals surface area contributed by atoms with Gasteiger partial charge in [-0.3, -0.25) is 0 Å². The highest BCUT2D eigenvalue weighted by molar-refractivity contribution is 5.37. The molecule has 0 saturated heterocycles. The Kier molecular flexibility index (Phi) is 9.38. The summed E-state index contributed by atoms with van der Waals surface area (Å²) in [5, 5.41) is 17.8. The van der Waals surface area contributed by atoms with Crippen LogP contribution in [0.5, 0.6) is 5.75 Å². The first-order valence-corrected chi connectivity index (χ1v) is 10.2. The summed E-state index contributed by atoms with van der Waals surface area (Å²) >= 11 is 0. The first-order valence-electron chi connectivity index (χ1n) is 10.2. The molecule has 0 fully saturated rings. The summed E-state index contributed by atoms with van der Waals surface area (Å²) in [6, 6.07) is 6.91. The lowest BCUT2D eigenvalue weighted by molar-refractivity contribution is 0.145. The van der Waals surface area contributed by atoms with Crippen molar-refractivity contribution in [2.75, 3.05) is 6.61 Å². The number of allylic oxidation sites excluding steroid dienone is 5. The van der Waals surface area contributed by atoms with Gasteiger partial charge in [0.15, 0.2) is 0 Å². The minimum absolute atomic E-state index is 0.203. The van der Waals surface area contributed by atoms with Gasteiger partial charge in [-0.05, 0) is 65.5 Å². The molecule has 1 aromatic heterocycles. The minimum Gasteiger partial charge on any atom is -0.508 e. The van der Waals surface area contributed by atoms with E-state index < -0.39 is 0 Å². The number of ether oxygens (including phenoxy) is 1. The van der Waals surface area contributed by atoms with Crippen molar-refractivity contribution in [3.8, 4) is 11.4 Å². The maximum Gasteiger partial charge on any atom is 0.117 e. The topological polar surface area (TPSA) is 60.2 Å². The maximum atomic E-state index is 9.56. The number of phenols is 1. The van der Waals surface area contributed by atoms with Crippen LogP contribution in [0.1, 0.15) is 59.1 Å². The van der Waals surface area contributed by atoms with Crippen LogP contribution in [0.15, 0.2) is 65.4 Å². The quantitative estimate of drug-likeness (QED) is 0.379. The van der Waals surface area contributed by atoms with Gasteiger partial charge in [0.05, 0.1) is 25.1 Å². The van der Waals surface area contributed by atoms with Crippen LogP contribution in [0.2, 0.25) is 0 Å². The van der Waals surface area contributed by atoms with Gasteiger partial charge in [-0.2, -0.15) is 0 Å². The molecule has 1 aromatic carbocycles. The van der Waals surface area contributed by atoms with Crippen molar-refractivity contribution >= 4 is 0 Å². The van der Waals surface area contributed by atoms with E-state index in [0.717, 1.165) is 37.1 Å². The number of nitrogens with zero attached hydrogens (tertiary/aromatic N) is 3.